The van der Waals surface area contributed by atoms with E-state index in [9.17, 15) is 9.59 Å². The molecule has 0 aliphatic carbocycles. The molecular weight excluding hydrogens is 768 g/mol. The minimum Gasteiger partial charge on any atom is -0.346 e. The smallest absolute Gasteiger partial charge is 0.258 e. The van der Waals surface area contributed by atoms with Gasteiger partial charge >= 0.3 is 0 Å². The molecule has 4 aromatic rings. The highest BCUT2D eigenvalue weighted by atomic mass is 79.9. The Kier molecular flexibility index (Phi) is 7.58. The van der Waals surface area contributed by atoms with Gasteiger partial charge in [-0.2, -0.15) is 0 Å². The van der Waals surface area contributed by atoms with Gasteiger partial charge in [-0.3, -0.25) is 9.59 Å². The van der Waals surface area contributed by atoms with Crippen LogP contribution in [0, 0.1) is 0 Å². The Balaban J connectivity index is 0.000000123. The molecule has 8 nitrogen and oxygen atoms in total. The molecule has 0 spiro atoms. The first-order valence-electron chi connectivity index (χ1n) is 9.49. The van der Waals surface area contributed by atoms with E-state index in [1.807, 2.05) is 36.5 Å². The molecule has 13 heteroatoms. The number of halogens is 5. The molecule has 0 saturated heterocycles. The van der Waals surface area contributed by atoms with Crippen LogP contribution in [0.25, 0.3) is 11.0 Å². The molecule has 174 valence electrons. The second kappa shape index (κ2) is 10.1. The fraction of sp³-hybridized carbons (Fsp3) is 0.0952. The van der Waals surface area contributed by atoms with E-state index in [1.54, 1.807) is 24.7 Å². The topological polar surface area (TPSA) is 113 Å². The van der Waals surface area contributed by atoms with Gasteiger partial charge < -0.3 is 15.6 Å². The maximum absolute atomic E-state index is 11.4. The van der Waals surface area contributed by atoms with Gasteiger partial charge in [-0.25, -0.2) is 15.0 Å². The molecule has 34 heavy (non-hydrogen) atoms. The average molecular weight is 781 g/mol. The molecule has 4 aromatic heterocycles. The molecule has 0 fully saturated rings. The molecule has 2 aliphatic heterocycles. The third-order valence-electron chi connectivity index (χ3n) is 4.69. The van der Waals surface area contributed by atoms with Crippen LogP contribution in [0.15, 0.2) is 65.7 Å². The normalized spacial score (nSPS) is 16.3. The van der Waals surface area contributed by atoms with Crippen LogP contribution < -0.4 is 10.6 Å². The van der Waals surface area contributed by atoms with Crippen molar-refractivity contribution in [2.75, 3.05) is 10.6 Å². The van der Waals surface area contributed by atoms with Gasteiger partial charge in [-0.1, -0.05) is 69.8 Å². The van der Waals surface area contributed by atoms with Crippen LogP contribution >= 0.6 is 79.6 Å². The highest BCUT2D eigenvalue weighted by Gasteiger charge is 2.44. The number of pyridine rings is 3. The van der Waals surface area contributed by atoms with Gasteiger partial charge in [0.1, 0.15) is 17.3 Å². The second-order valence-corrected chi connectivity index (χ2v) is 14.7. The lowest BCUT2D eigenvalue weighted by atomic mass is 10.2. The van der Waals surface area contributed by atoms with E-state index in [4.69, 9.17) is 0 Å². The minimum atomic E-state index is -0.841. The van der Waals surface area contributed by atoms with Gasteiger partial charge in [-0.15, -0.1) is 0 Å². The summed E-state index contributed by atoms with van der Waals surface area (Å²) in [7, 11) is 0. The van der Waals surface area contributed by atoms with Crippen LogP contribution in [0.5, 0.6) is 0 Å². The largest absolute Gasteiger partial charge is 0.346 e. The van der Waals surface area contributed by atoms with Crippen LogP contribution in [0.3, 0.4) is 0 Å². The number of aromatic nitrogens is 4. The van der Waals surface area contributed by atoms with Crippen molar-refractivity contribution in [3.63, 3.8) is 0 Å². The van der Waals surface area contributed by atoms with Gasteiger partial charge in [0, 0.05) is 45.8 Å². The van der Waals surface area contributed by atoms with Crippen molar-refractivity contribution in [1.82, 2.24) is 19.9 Å². The highest BCUT2D eigenvalue weighted by molar-refractivity contribution is 9.25. The van der Waals surface area contributed by atoms with Gasteiger partial charge in [0.25, 0.3) is 11.8 Å². The summed E-state index contributed by atoms with van der Waals surface area (Å²) < 4.78 is -0.804. The Morgan fingerprint density at radius 2 is 1.38 bits per heavy atom. The number of amides is 2. The van der Waals surface area contributed by atoms with Crippen LogP contribution in [0.4, 0.5) is 11.6 Å². The number of nitrogens with zero attached hydrogens (tertiary/aromatic N) is 3. The lowest BCUT2D eigenvalue weighted by Gasteiger charge is -2.09. The van der Waals surface area contributed by atoms with E-state index >= 15 is 0 Å². The van der Waals surface area contributed by atoms with E-state index in [2.05, 4.69) is 110 Å². The molecule has 0 unspecified atom stereocenters. The maximum atomic E-state index is 11.4. The van der Waals surface area contributed by atoms with Crippen molar-refractivity contribution >= 4 is 114 Å². The van der Waals surface area contributed by atoms with Gasteiger partial charge in [0.05, 0.1) is 0 Å². The van der Waals surface area contributed by atoms with Crippen molar-refractivity contribution in [2.45, 2.75) is 6.47 Å². The Morgan fingerprint density at radius 3 is 2.06 bits per heavy atom. The highest BCUT2D eigenvalue weighted by Crippen LogP contribution is 2.47. The van der Waals surface area contributed by atoms with E-state index in [1.165, 1.54) is 0 Å². The van der Waals surface area contributed by atoms with Crippen LogP contribution in [0.1, 0.15) is 11.1 Å². The van der Waals surface area contributed by atoms with Crippen molar-refractivity contribution in [3.8, 4) is 0 Å². The summed E-state index contributed by atoms with van der Waals surface area (Å²) in [4.78, 5) is 37.9. The molecule has 6 heterocycles. The molecule has 2 amide bonds. The number of hydrogen-bond acceptors (Lipinski definition) is 5. The molecule has 6 rings (SSSR count). The zero-order valence-corrected chi connectivity index (χ0v) is 24.8. The number of H-pyrrole nitrogens is 1. The fourth-order valence-electron chi connectivity index (χ4n) is 3.04. The lowest BCUT2D eigenvalue weighted by molar-refractivity contribution is -0.116. The molecule has 0 atom stereocenters. The molecule has 0 saturated carbocycles. The summed E-state index contributed by atoms with van der Waals surface area (Å²) in [6.07, 6.45) is 6.94. The number of carbonyl (C=O) groups excluding carboxylic acids is 2. The summed E-state index contributed by atoms with van der Waals surface area (Å²) in [5.74, 6) is 0.891. The zero-order valence-electron chi connectivity index (χ0n) is 16.8. The zero-order chi connectivity index (χ0) is 24.5. The van der Waals surface area contributed by atoms with E-state index in [0.717, 1.165) is 26.6 Å². The molecule has 0 radical (unpaired) electrons. The Hall–Kier alpha value is -1.67. The first kappa shape index (κ1) is 25.4. The monoisotopic (exact) mass is 776 g/mol. The summed E-state index contributed by atoms with van der Waals surface area (Å²) in [6.45, 7) is 0. The SMILES string of the molecule is O=C1Nc2ncc(Br)cc2C1(Br)Br.O=C1Nc2ncccc2C1(Br)Br.c1cnc2[nH]ccc2c1. The lowest BCUT2D eigenvalue weighted by Crippen LogP contribution is -2.20. The maximum Gasteiger partial charge on any atom is 0.258 e. The van der Waals surface area contributed by atoms with Crippen LogP contribution in [-0.4, -0.2) is 31.8 Å². The molecule has 3 N–H and O–H groups in total. The van der Waals surface area contributed by atoms with Gasteiger partial charge in [0.15, 0.2) is 6.47 Å². The number of hydrogen-bond donors (Lipinski definition) is 3. The van der Waals surface area contributed by atoms with Crippen molar-refractivity contribution in [3.05, 3.63) is 76.8 Å². The third-order valence-corrected chi connectivity index (χ3v) is 8.28. The van der Waals surface area contributed by atoms with Crippen molar-refractivity contribution in [1.29, 1.82) is 0 Å². The first-order chi connectivity index (χ1) is 16.1. The van der Waals surface area contributed by atoms with Crippen LogP contribution in [0.2, 0.25) is 0 Å². The standard InChI is InChI=1S/C7H3Br3N2O.C7H4Br2N2O.C7H6N2/c8-3-1-4-5(11-2-3)12-6(13)7(4,9)10;8-7(9)4-2-1-3-10-5(4)11-6(7)12;1-2-6-3-5-9-7(6)8-4-1/h1-2H,(H,11,12,13);1-3H,(H,10,11,12);1-5H,(H,8,9). The number of fused-ring (bicyclic) bond motifs is 3. The Morgan fingerprint density at radius 1 is 0.765 bits per heavy atom. The number of aromatic amines is 1. The van der Waals surface area contributed by atoms with Crippen molar-refractivity contribution in [2.24, 2.45) is 0 Å². The fourth-order valence-corrected chi connectivity index (χ4v) is 5.01. The van der Waals surface area contributed by atoms with E-state index in [-0.39, 0.29) is 11.8 Å². The number of nitrogens with one attached hydrogen (secondary N) is 3. The second-order valence-electron chi connectivity index (χ2n) is 6.93. The Labute approximate surface area is 235 Å². The van der Waals surface area contributed by atoms with Crippen LogP contribution in [-0.2, 0) is 16.1 Å². The predicted molar refractivity (Wildman–Crippen MR) is 149 cm³/mol. The summed E-state index contributed by atoms with van der Waals surface area (Å²) >= 11 is 16.4. The molecule has 2 aliphatic rings. The predicted octanol–water partition coefficient (Wildman–Crippen LogP) is 6.28. The number of carbonyl (C=O) groups is 2. The number of alkyl halides is 4. The number of anilines is 2. The average Bonchev–Trinajstić information content (AvgIpc) is 3.44. The number of rotatable bonds is 0. The summed E-state index contributed by atoms with van der Waals surface area (Å²) in [6, 6.07) is 11.4. The minimum absolute atomic E-state index is 0.142. The summed E-state index contributed by atoms with van der Waals surface area (Å²) in [5, 5.41) is 6.46. The molecular formula is C21H13Br5N6O2. The molecule has 0 aromatic carbocycles. The molecule has 0 bridgehead atoms. The quantitative estimate of drug-likeness (QED) is 0.182. The Bertz CT molecular complexity index is 1360. The van der Waals surface area contributed by atoms with E-state index < -0.39 is 6.47 Å². The van der Waals surface area contributed by atoms with Crippen molar-refractivity contribution < 1.29 is 9.59 Å². The third kappa shape index (κ3) is 5.13. The van der Waals surface area contributed by atoms with Gasteiger partial charge in [-0.05, 0) is 46.3 Å². The van der Waals surface area contributed by atoms with E-state index in [0.29, 0.717) is 11.6 Å². The summed E-state index contributed by atoms with van der Waals surface area (Å²) in [5.41, 5.74) is 2.55. The van der Waals surface area contributed by atoms with Gasteiger partial charge in [0.2, 0.25) is 0 Å². The first-order valence-corrected chi connectivity index (χ1v) is 13.5.